The van der Waals surface area contributed by atoms with E-state index in [0.29, 0.717) is 12.5 Å². The van der Waals surface area contributed by atoms with Crippen molar-refractivity contribution >= 4 is 11.0 Å². The predicted molar refractivity (Wildman–Crippen MR) is 82.7 cm³/mol. The van der Waals surface area contributed by atoms with Crippen molar-refractivity contribution in [3.8, 4) is 0 Å². The molecule has 20 heavy (non-hydrogen) atoms. The van der Waals surface area contributed by atoms with Crippen molar-refractivity contribution in [1.29, 1.82) is 0 Å². The van der Waals surface area contributed by atoms with Gasteiger partial charge >= 0.3 is 0 Å². The number of benzene rings is 1. The number of hydrogen-bond acceptors (Lipinski definition) is 2. The van der Waals surface area contributed by atoms with Crippen LogP contribution in [0.3, 0.4) is 0 Å². The van der Waals surface area contributed by atoms with Crippen LogP contribution < -0.4 is 5.73 Å². The molecule has 0 spiro atoms. The van der Waals surface area contributed by atoms with Gasteiger partial charge in [-0.2, -0.15) is 0 Å². The lowest BCUT2D eigenvalue weighted by atomic mass is 9.89. The van der Waals surface area contributed by atoms with E-state index in [9.17, 15) is 0 Å². The molecule has 0 amide bonds. The lowest BCUT2D eigenvalue weighted by molar-refractivity contribution is 0.727. The number of fused-ring (bicyclic) bond motifs is 1. The van der Waals surface area contributed by atoms with E-state index >= 15 is 0 Å². The average Bonchev–Trinajstić information content (AvgIpc) is 2.83. The van der Waals surface area contributed by atoms with Crippen LogP contribution in [0.15, 0.2) is 54.9 Å². The van der Waals surface area contributed by atoms with Gasteiger partial charge in [-0.25, -0.2) is 4.98 Å². The van der Waals surface area contributed by atoms with Crippen molar-refractivity contribution < 1.29 is 0 Å². The molecule has 3 rings (SSSR count). The first-order valence-electron chi connectivity index (χ1n) is 6.96. The molecule has 0 aliphatic rings. The van der Waals surface area contributed by atoms with Gasteiger partial charge in [0.15, 0.2) is 0 Å². The van der Waals surface area contributed by atoms with Crippen molar-refractivity contribution in [2.75, 3.05) is 6.54 Å². The number of hydrogen-bond donors (Lipinski definition) is 1. The van der Waals surface area contributed by atoms with Crippen molar-refractivity contribution in [3.63, 3.8) is 0 Å². The molecule has 0 saturated carbocycles. The highest BCUT2D eigenvalue weighted by atomic mass is 15.0. The molecular weight excluding hydrogens is 246 g/mol. The Bertz CT molecular complexity index is 701. The maximum absolute atomic E-state index is 5.83. The highest BCUT2D eigenvalue weighted by Gasteiger charge is 2.18. The Labute approximate surface area is 119 Å². The number of nitrogens with zero attached hydrogens (tertiary/aromatic N) is 2. The predicted octanol–water partition coefficient (Wildman–Crippen LogP) is 3.05. The number of aryl methyl sites for hydroxylation is 1. The zero-order valence-electron chi connectivity index (χ0n) is 11.7. The van der Waals surface area contributed by atoms with Crippen LogP contribution in [0.1, 0.15) is 23.5 Å². The molecule has 2 heterocycles. The van der Waals surface area contributed by atoms with Gasteiger partial charge in [-0.05, 0) is 36.2 Å². The molecular formula is C17H19N3. The first-order chi connectivity index (χ1) is 9.81. The van der Waals surface area contributed by atoms with Crippen molar-refractivity contribution in [3.05, 3.63) is 66.0 Å². The Morgan fingerprint density at radius 1 is 1.15 bits per heavy atom. The Hall–Kier alpha value is -2.13. The maximum atomic E-state index is 5.83. The van der Waals surface area contributed by atoms with Crippen molar-refractivity contribution in [2.45, 2.75) is 12.3 Å². The van der Waals surface area contributed by atoms with Crippen LogP contribution in [0.4, 0.5) is 0 Å². The summed E-state index contributed by atoms with van der Waals surface area (Å²) < 4.78 is 2.09. The normalized spacial score (nSPS) is 12.7. The van der Waals surface area contributed by atoms with E-state index in [-0.39, 0.29) is 0 Å². The topological polar surface area (TPSA) is 43.8 Å². The summed E-state index contributed by atoms with van der Waals surface area (Å²) in [5.74, 6) is 0.328. The molecule has 0 fully saturated rings. The number of pyridine rings is 1. The third-order valence-electron chi connectivity index (χ3n) is 3.80. The molecule has 0 radical (unpaired) electrons. The summed E-state index contributed by atoms with van der Waals surface area (Å²) in [6.07, 6.45) is 4.97. The number of rotatable bonds is 4. The molecule has 102 valence electrons. The second kappa shape index (κ2) is 5.47. The molecule has 1 atom stereocenters. The summed E-state index contributed by atoms with van der Waals surface area (Å²) in [6, 6.07) is 14.7. The summed E-state index contributed by atoms with van der Waals surface area (Å²) >= 11 is 0. The highest BCUT2D eigenvalue weighted by Crippen LogP contribution is 2.33. The van der Waals surface area contributed by atoms with Crippen LogP contribution in [0.5, 0.6) is 0 Å². The Morgan fingerprint density at radius 3 is 2.70 bits per heavy atom. The van der Waals surface area contributed by atoms with Gasteiger partial charge in [0.1, 0.15) is 5.65 Å². The van der Waals surface area contributed by atoms with Gasteiger partial charge in [-0.3, -0.25) is 0 Å². The van der Waals surface area contributed by atoms with Crippen LogP contribution in [-0.4, -0.2) is 16.1 Å². The van der Waals surface area contributed by atoms with Gasteiger partial charge in [0.2, 0.25) is 0 Å². The fourth-order valence-corrected chi connectivity index (χ4v) is 2.87. The standard InChI is InChI=1S/C17H19N3/c1-20-12-16(15-8-5-11-19-17(15)20)14(9-10-18)13-6-3-2-4-7-13/h2-8,11-12,14H,9-10,18H2,1H3. The van der Waals surface area contributed by atoms with Crippen molar-refractivity contribution in [1.82, 2.24) is 9.55 Å². The molecule has 3 heteroatoms. The zero-order chi connectivity index (χ0) is 13.9. The minimum atomic E-state index is 0.328. The number of aromatic nitrogens is 2. The second-order valence-corrected chi connectivity index (χ2v) is 5.11. The summed E-state index contributed by atoms with van der Waals surface area (Å²) in [5.41, 5.74) is 9.49. The van der Waals surface area contributed by atoms with E-state index in [1.807, 2.05) is 25.4 Å². The van der Waals surface area contributed by atoms with Gasteiger partial charge in [-0.15, -0.1) is 0 Å². The summed E-state index contributed by atoms with van der Waals surface area (Å²) in [6.45, 7) is 0.677. The fourth-order valence-electron chi connectivity index (χ4n) is 2.87. The first kappa shape index (κ1) is 12.9. The van der Waals surface area contributed by atoms with Crippen LogP contribution >= 0.6 is 0 Å². The lowest BCUT2D eigenvalue weighted by Crippen LogP contribution is -2.08. The maximum Gasteiger partial charge on any atom is 0.139 e. The average molecular weight is 265 g/mol. The van der Waals surface area contributed by atoms with E-state index < -0.39 is 0 Å². The molecule has 1 aromatic carbocycles. The Balaban J connectivity index is 2.15. The summed E-state index contributed by atoms with van der Waals surface area (Å²) in [5, 5.41) is 1.22. The van der Waals surface area contributed by atoms with E-state index in [0.717, 1.165) is 12.1 Å². The Kier molecular flexibility index (Phi) is 3.52. The minimum absolute atomic E-state index is 0.328. The minimum Gasteiger partial charge on any atom is -0.335 e. The third kappa shape index (κ3) is 2.21. The molecule has 2 aromatic heterocycles. The molecule has 3 aromatic rings. The van der Waals surface area contributed by atoms with Crippen LogP contribution in [0.2, 0.25) is 0 Å². The molecule has 2 N–H and O–H groups in total. The number of nitrogens with two attached hydrogens (primary N) is 1. The smallest absolute Gasteiger partial charge is 0.139 e. The van der Waals surface area contributed by atoms with Gasteiger partial charge in [0.05, 0.1) is 0 Å². The molecule has 1 unspecified atom stereocenters. The second-order valence-electron chi connectivity index (χ2n) is 5.11. The monoisotopic (exact) mass is 265 g/mol. The summed E-state index contributed by atoms with van der Waals surface area (Å²) in [4.78, 5) is 4.47. The van der Waals surface area contributed by atoms with E-state index in [4.69, 9.17) is 5.73 Å². The van der Waals surface area contributed by atoms with E-state index in [1.54, 1.807) is 0 Å². The van der Waals surface area contributed by atoms with Gasteiger partial charge in [0.25, 0.3) is 0 Å². The van der Waals surface area contributed by atoms with E-state index in [1.165, 1.54) is 16.5 Å². The first-order valence-corrected chi connectivity index (χ1v) is 6.96. The molecule has 0 bridgehead atoms. The fraction of sp³-hybridized carbons (Fsp3) is 0.235. The largest absolute Gasteiger partial charge is 0.335 e. The molecule has 0 aliphatic heterocycles. The lowest BCUT2D eigenvalue weighted by Gasteiger charge is -2.16. The SMILES string of the molecule is Cn1cc(C(CCN)c2ccccc2)c2cccnc21. The summed E-state index contributed by atoms with van der Waals surface area (Å²) in [7, 11) is 2.04. The van der Waals surface area contributed by atoms with Gasteiger partial charge in [-0.1, -0.05) is 30.3 Å². The van der Waals surface area contributed by atoms with E-state index in [2.05, 4.69) is 46.1 Å². The van der Waals surface area contributed by atoms with Gasteiger partial charge in [0, 0.05) is 30.7 Å². The van der Waals surface area contributed by atoms with Gasteiger partial charge < -0.3 is 10.3 Å². The van der Waals surface area contributed by atoms with Crippen LogP contribution in [0.25, 0.3) is 11.0 Å². The molecule has 3 nitrogen and oxygen atoms in total. The van der Waals surface area contributed by atoms with Crippen molar-refractivity contribution in [2.24, 2.45) is 12.8 Å². The third-order valence-corrected chi connectivity index (χ3v) is 3.80. The zero-order valence-corrected chi connectivity index (χ0v) is 11.7. The Morgan fingerprint density at radius 2 is 1.95 bits per heavy atom. The molecule has 0 aliphatic carbocycles. The van der Waals surface area contributed by atoms with Crippen LogP contribution in [0, 0.1) is 0 Å². The van der Waals surface area contributed by atoms with Crippen LogP contribution in [-0.2, 0) is 7.05 Å². The molecule has 0 saturated heterocycles. The highest BCUT2D eigenvalue weighted by molar-refractivity contribution is 5.81. The quantitative estimate of drug-likeness (QED) is 0.788.